The lowest BCUT2D eigenvalue weighted by molar-refractivity contribution is -0.938. The Hall–Kier alpha value is -2.58. The molecule has 9 aliphatic heterocycles. The lowest BCUT2D eigenvalue weighted by atomic mass is 9.52. The molecule has 2 spiro atoms. The third-order valence-corrected chi connectivity index (χ3v) is 17.5. The highest BCUT2D eigenvalue weighted by molar-refractivity contribution is 5.72. The largest absolute Gasteiger partial charge is 1.00 e. The Morgan fingerprint density at radius 3 is 1.56 bits per heavy atom. The number of hydrogen-bond donors (Lipinski definition) is 0. The van der Waals surface area contributed by atoms with Gasteiger partial charge in [0.2, 0.25) is 0 Å². The Morgan fingerprint density at radius 1 is 0.673 bits per heavy atom. The van der Waals surface area contributed by atoms with Crippen molar-refractivity contribution in [2.24, 2.45) is 23.7 Å². The highest BCUT2D eigenvalue weighted by Crippen LogP contribution is 2.72. The van der Waals surface area contributed by atoms with E-state index in [-0.39, 0.29) is 48.1 Å². The van der Waals surface area contributed by atoms with Crippen LogP contribution in [0.4, 0.5) is 11.4 Å². The molecule has 13 rings (SSSR count). The first-order valence-corrected chi connectivity index (χ1v) is 19.9. The summed E-state index contributed by atoms with van der Waals surface area (Å²) in [5.74, 6) is 1.79. The van der Waals surface area contributed by atoms with Crippen molar-refractivity contribution in [3.63, 3.8) is 0 Å². The maximum atomic E-state index is 7.51. The van der Waals surface area contributed by atoms with E-state index in [0.717, 1.165) is 39.4 Å². The number of fused-ring (bicyclic) bond motifs is 6. The van der Waals surface area contributed by atoms with Gasteiger partial charge in [0.15, 0.2) is 0 Å². The number of ether oxygens (including phenoxy) is 2. The van der Waals surface area contributed by atoms with E-state index in [1.165, 1.54) is 59.1 Å². The first-order chi connectivity index (χ1) is 24.6. The highest BCUT2D eigenvalue weighted by atomic mass is 35.5. The molecule has 7 fully saturated rings. The van der Waals surface area contributed by atoms with Gasteiger partial charge < -0.3 is 53.1 Å². The van der Waals surface area contributed by atoms with Crippen LogP contribution in [0.15, 0.2) is 97.1 Å². The molecule has 0 amide bonds. The van der Waals surface area contributed by atoms with Crippen LogP contribution in [0.25, 0.3) is 0 Å². The third-order valence-electron chi connectivity index (χ3n) is 17.5. The number of anilines is 2. The number of rotatable bonds is 4. The minimum atomic E-state index is 0. The summed E-state index contributed by atoms with van der Waals surface area (Å²) in [6.07, 6.45) is 14.7. The molecule has 8 heteroatoms. The fraction of sp³-hybridized carbons (Fsp3) is 0.545. The van der Waals surface area contributed by atoms with Gasteiger partial charge in [0.05, 0.1) is 62.3 Å². The summed E-state index contributed by atoms with van der Waals surface area (Å²) >= 11 is 0. The normalized spacial score (nSPS) is 47.9. The van der Waals surface area contributed by atoms with E-state index in [9.17, 15) is 0 Å². The molecule has 2 aliphatic carbocycles. The Labute approximate surface area is 320 Å². The van der Waals surface area contributed by atoms with Crippen molar-refractivity contribution < 1.29 is 43.3 Å². The maximum absolute atomic E-state index is 7.51. The number of hydrogen-bond acceptors (Lipinski definition) is 4. The van der Waals surface area contributed by atoms with Crippen molar-refractivity contribution in [3.8, 4) is 0 Å². The second-order valence-electron chi connectivity index (χ2n) is 18.3. The molecule has 2 saturated carbocycles. The van der Waals surface area contributed by atoms with Gasteiger partial charge in [0, 0.05) is 60.7 Å². The molecule has 4 bridgehead atoms. The summed E-state index contributed by atoms with van der Waals surface area (Å²) < 4.78 is 17.4. The summed E-state index contributed by atoms with van der Waals surface area (Å²) in [5.41, 5.74) is 9.71. The summed E-state index contributed by atoms with van der Waals surface area (Å²) in [7, 11) is 0. The number of nitrogens with zero attached hydrogens (tertiary/aromatic N) is 4. The Bertz CT molecular complexity index is 1840. The Morgan fingerprint density at radius 2 is 1.12 bits per heavy atom. The van der Waals surface area contributed by atoms with E-state index in [0.29, 0.717) is 47.8 Å². The van der Waals surface area contributed by atoms with Crippen LogP contribution in [0.1, 0.15) is 36.8 Å². The molecule has 2 aromatic rings. The van der Waals surface area contributed by atoms with E-state index >= 15 is 0 Å². The SMILES string of the molecule is C=CC[N@+]12CC[C@@]34c5ccccc5N5[C@@H]6OCC=C7C[N@+]8(CC=C)CC[C@]9%10c%11ccccc%11N([C@@H]%11OCC=C(C1)[C@H](C[C@@H]32)[C@@H]%11[C@H]54)[C@H]9[C@H]6[C@H]7C[C@@H]%108.[Cl-].[Cl-]. The number of quaternary nitrogens is 2. The standard InChI is InChI=1S/C44H50N4O2.2ClH/c1-3-17-47-19-15-43-31-9-5-7-11-33(31)45-39(43)37-29(23-35(43)47)27(25-47)13-21-49-41(37)46-34-12-8-6-10-32(34)44-16-20-48(18-4-2)26-28-14-22-50-42(45)38(40(44)46)30(28)24-36(44)48;;/h3-14,29-30,35-42H,1-2,15-26H2;2*1H/q+2;;/p-2/t29-,30-,35-,36-,37+,38+,39-,40-,41+,42+,43+,44+,47-,48-;;/m0../s1. The van der Waals surface area contributed by atoms with Gasteiger partial charge in [0.25, 0.3) is 0 Å². The average Bonchev–Trinajstić information content (AvgIpc) is 3.75. The Kier molecular flexibility index (Phi) is 6.68. The predicted octanol–water partition coefficient (Wildman–Crippen LogP) is -0.324. The average molecular weight is 738 g/mol. The van der Waals surface area contributed by atoms with Crippen molar-refractivity contribution in [2.75, 3.05) is 62.3 Å². The minimum Gasteiger partial charge on any atom is -1.00 e. The van der Waals surface area contributed by atoms with Crippen LogP contribution in [-0.2, 0) is 20.3 Å². The number of halogens is 2. The van der Waals surface area contributed by atoms with Gasteiger partial charge in [0.1, 0.15) is 37.6 Å². The molecule has 6 nitrogen and oxygen atoms in total. The van der Waals surface area contributed by atoms with Crippen LogP contribution in [0.2, 0.25) is 0 Å². The van der Waals surface area contributed by atoms with Crippen molar-refractivity contribution in [2.45, 2.75) is 73.1 Å². The van der Waals surface area contributed by atoms with Crippen molar-refractivity contribution in [1.29, 1.82) is 0 Å². The second-order valence-corrected chi connectivity index (χ2v) is 18.3. The van der Waals surface area contributed by atoms with Crippen molar-refractivity contribution in [3.05, 3.63) is 108 Å². The lowest BCUT2D eigenvalue weighted by Crippen LogP contribution is -3.00. The molecule has 0 radical (unpaired) electrons. The van der Waals surface area contributed by atoms with Gasteiger partial charge in [-0.15, -0.1) is 0 Å². The quantitative estimate of drug-likeness (QED) is 0.318. The van der Waals surface area contributed by atoms with Crippen LogP contribution in [-0.4, -0.2) is 98.1 Å². The highest BCUT2D eigenvalue weighted by Gasteiger charge is 2.80. The topological polar surface area (TPSA) is 24.9 Å². The third kappa shape index (κ3) is 3.32. The van der Waals surface area contributed by atoms with E-state index in [1.54, 1.807) is 22.3 Å². The van der Waals surface area contributed by atoms with Gasteiger partial charge in [-0.1, -0.05) is 61.7 Å². The fourth-order valence-corrected chi connectivity index (χ4v) is 16.4. The van der Waals surface area contributed by atoms with Crippen molar-refractivity contribution >= 4 is 11.4 Å². The van der Waals surface area contributed by atoms with Crippen LogP contribution < -0.4 is 34.6 Å². The zero-order valence-corrected chi connectivity index (χ0v) is 31.5. The molecular weight excluding hydrogens is 687 g/mol. The molecule has 9 heterocycles. The molecule has 52 heavy (non-hydrogen) atoms. The molecule has 272 valence electrons. The lowest BCUT2D eigenvalue weighted by Gasteiger charge is -2.65. The molecule has 0 unspecified atom stereocenters. The van der Waals surface area contributed by atoms with Gasteiger partial charge in [-0.05, 0) is 46.6 Å². The fourth-order valence-electron chi connectivity index (χ4n) is 16.4. The van der Waals surface area contributed by atoms with E-state index < -0.39 is 0 Å². The number of para-hydroxylation sites is 2. The van der Waals surface area contributed by atoms with Crippen LogP contribution in [0, 0.1) is 23.7 Å². The van der Waals surface area contributed by atoms with E-state index in [2.05, 4.69) is 95.8 Å². The summed E-state index contributed by atoms with van der Waals surface area (Å²) in [5, 5.41) is 0. The second kappa shape index (κ2) is 10.6. The monoisotopic (exact) mass is 736 g/mol. The summed E-state index contributed by atoms with van der Waals surface area (Å²) in [6.45, 7) is 17.1. The first kappa shape index (κ1) is 32.8. The number of benzene rings is 2. The van der Waals surface area contributed by atoms with Crippen molar-refractivity contribution in [1.82, 2.24) is 0 Å². The zero-order chi connectivity index (χ0) is 32.8. The Balaban J connectivity index is 0.00000160. The molecule has 11 aliphatic rings. The smallest absolute Gasteiger partial charge is 0.136 e. The van der Waals surface area contributed by atoms with Gasteiger partial charge in [-0.3, -0.25) is 0 Å². The van der Waals surface area contributed by atoms with Gasteiger partial charge in [-0.25, -0.2) is 0 Å². The molecule has 0 N–H and O–H groups in total. The predicted molar refractivity (Wildman–Crippen MR) is 195 cm³/mol. The van der Waals surface area contributed by atoms with Crippen LogP contribution in [0.5, 0.6) is 0 Å². The molecule has 5 saturated heterocycles. The zero-order valence-electron chi connectivity index (χ0n) is 30.0. The molecular formula is C44H50Cl2N4O2. The first-order valence-electron chi connectivity index (χ1n) is 19.9. The van der Waals surface area contributed by atoms with Crippen LogP contribution in [0.3, 0.4) is 0 Å². The molecule has 0 aromatic heterocycles. The molecule has 14 atom stereocenters. The minimum absolute atomic E-state index is 0. The summed E-state index contributed by atoms with van der Waals surface area (Å²) in [6, 6.07) is 21.3. The molecule has 2 aromatic carbocycles. The van der Waals surface area contributed by atoms with E-state index in [1.807, 2.05) is 0 Å². The summed E-state index contributed by atoms with van der Waals surface area (Å²) in [4.78, 5) is 5.95. The maximum Gasteiger partial charge on any atom is 0.136 e. The van der Waals surface area contributed by atoms with Gasteiger partial charge in [-0.2, -0.15) is 0 Å². The number of piperidine rings is 2. The van der Waals surface area contributed by atoms with Crippen LogP contribution >= 0.6 is 0 Å². The van der Waals surface area contributed by atoms with Gasteiger partial charge >= 0.3 is 0 Å². The van der Waals surface area contributed by atoms with E-state index in [4.69, 9.17) is 9.47 Å².